The molecular weight excluding hydrogens is 230 g/mol. The molecule has 1 aromatic rings. The van der Waals surface area contributed by atoms with Crippen LogP contribution < -0.4 is 5.32 Å². The molecule has 19 heavy (non-hydrogen) atoms. The van der Waals surface area contributed by atoms with Gasteiger partial charge in [-0.2, -0.15) is 0 Å². The van der Waals surface area contributed by atoms with E-state index in [1.807, 2.05) is 0 Å². The molecule has 2 aliphatic rings. The largest absolute Gasteiger partial charge is 0.313 e. The molecule has 2 fully saturated rings. The summed E-state index contributed by atoms with van der Waals surface area (Å²) in [5.41, 5.74) is 2.03. The van der Waals surface area contributed by atoms with Gasteiger partial charge < -0.3 is 5.32 Å². The van der Waals surface area contributed by atoms with Gasteiger partial charge >= 0.3 is 0 Å². The van der Waals surface area contributed by atoms with Crippen LogP contribution in [0.15, 0.2) is 30.3 Å². The molecule has 0 amide bonds. The minimum Gasteiger partial charge on any atom is -0.313 e. The van der Waals surface area contributed by atoms with Gasteiger partial charge in [-0.25, -0.2) is 0 Å². The second-order valence-corrected chi connectivity index (χ2v) is 6.52. The van der Waals surface area contributed by atoms with Crippen molar-refractivity contribution < 1.29 is 0 Å². The molecule has 0 aromatic heterocycles. The highest BCUT2D eigenvalue weighted by molar-refractivity contribution is 5.34. The average molecular weight is 257 g/mol. The molecule has 1 unspecified atom stereocenters. The Morgan fingerprint density at radius 3 is 2.42 bits per heavy atom. The zero-order valence-corrected chi connectivity index (χ0v) is 12.2. The van der Waals surface area contributed by atoms with Crippen molar-refractivity contribution in [3.05, 3.63) is 35.9 Å². The molecular formula is C18H27N. The van der Waals surface area contributed by atoms with Crippen LogP contribution in [-0.2, 0) is 5.41 Å². The van der Waals surface area contributed by atoms with Crippen molar-refractivity contribution in [1.29, 1.82) is 0 Å². The Bertz CT molecular complexity index is 387. The molecule has 2 saturated carbocycles. The van der Waals surface area contributed by atoms with Crippen LogP contribution in [0, 0.1) is 5.92 Å². The average Bonchev–Trinajstić information content (AvgIpc) is 3.11. The third kappa shape index (κ3) is 2.72. The first-order valence-electron chi connectivity index (χ1n) is 8.14. The van der Waals surface area contributed by atoms with E-state index >= 15 is 0 Å². The maximum Gasteiger partial charge on any atom is 0.0166 e. The Labute approximate surface area is 117 Å². The van der Waals surface area contributed by atoms with Gasteiger partial charge in [0.05, 0.1) is 0 Å². The van der Waals surface area contributed by atoms with E-state index in [0.717, 1.165) is 12.5 Å². The fraction of sp³-hybridized carbons (Fsp3) is 0.667. The van der Waals surface area contributed by atoms with Crippen LogP contribution in [-0.4, -0.2) is 12.6 Å². The van der Waals surface area contributed by atoms with Crippen molar-refractivity contribution in [2.45, 2.75) is 63.3 Å². The number of hydrogen-bond donors (Lipinski definition) is 1. The molecule has 0 heterocycles. The highest BCUT2D eigenvalue weighted by Crippen LogP contribution is 2.53. The summed E-state index contributed by atoms with van der Waals surface area (Å²) in [6, 6.07) is 11.9. The van der Waals surface area contributed by atoms with Gasteiger partial charge in [0.2, 0.25) is 0 Å². The fourth-order valence-corrected chi connectivity index (χ4v) is 4.07. The van der Waals surface area contributed by atoms with E-state index in [0.29, 0.717) is 11.5 Å². The lowest BCUT2D eigenvalue weighted by molar-refractivity contribution is 0.334. The van der Waals surface area contributed by atoms with Gasteiger partial charge in [-0.15, -0.1) is 0 Å². The van der Waals surface area contributed by atoms with Crippen LogP contribution in [0.2, 0.25) is 0 Å². The molecule has 3 rings (SSSR count). The molecule has 1 nitrogen and oxygen atoms in total. The second kappa shape index (κ2) is 5.66. The van der Waals surface area contributed by atoms with E-state index in [-0.39, 0.29) is 0 Å². The van der Waals surface area contributed by atoms with Crippen molar-refractivity contribution in [2.75, 3.05) is 6.54 Å². The molecule has 0 aliphatic heterocycles. The summed E-state index contributed by atoms with van der Waals surface area (Å²) in [4.78, 5) is 0. The van der Waals surface area contributed by atoms with Gasteiger partial charge in [-0.3, -0.25) is 0 Å². The molecule has 0 bridgehead atoms. The van der Waals surface area contributed by atoms with Gasteiger partial charge in [-0.05, 0) is 37.3 Å². The standard InChI is InChI=1S/C18H27N/c1-2-19-17(14-15-8-6-7-9-15)18(12-13-18)16-10-4-3-5-11-16/h3-5,10-11,15,17,19H,2,6-9,12-14H2,1H3. The lowest BCUT2D eigenvalue weighted by atomic mass is 9.82. The van der Waals surface area contributed by atoms with Gasteiger partial charge in [-0.1, -0.05) is 62.9 Å². The lowest BCUT2D eigenvalue weighted by Crippen LogP contribution is -2.41. The normalized spacial score (nSPS) is 23.4. The molecule has 1 atom stereocenters. The molecule has 0 spiro atoms. The number of nitrogens with one attached hydrogen (secondary N) is 1. The molecule has 1 N–H and O–H groups in total. The topological polar surface area (TPSA) is 12.0 Å². The van der Waals surface area contributed by atoms with E-state index in [1.54, 1.807) is 5.56 Å². The van der Waals surface area contributed by atoms with E-state index in [2.05, 4.69) is 42.6 Å². The van der Waals surface area contributed by atoms with Gasteiger partial charge in [0.1, 0.15) is 0 Å². The quantitative estimate of drug-likeness (QED) is 0.802. The zero-order valence-electron chi connectivity index (χ0n) is 12.2. The first kappa shape index (κ1) is 13.2. The number of benzene rings is 1. The van der Waals surface area contributed by atoms with Gasteiger partial charge in [0.25, 0.3) is 0 Å². The van der Waals surface area contributed by atoms with Crippen LogP contribution in [0.25, 0.3) is 0 Å². The summed E-state index contributed by atoms with van der Waals surface area (Å²) in [5, 5.41) is 3.81. The minimum atomic E-state index is 0.458. The van der Waals surface area contributed by atoms with Crippen molar-refractivity contribution in [1.82, 2.24) is 5.32 Å². The van der Waals surface area contributed by atoms with Crippen LogP contribution in [0.4, 0.5) is 0 Å². The maximum absolute atomic E-state index is 3.81. The van der Waals surface area contributed by atoms with Crippen LogP contribution in [0.1, 0.15) is 57.4 Å². The van der Waals surface area contributed by atoms with E-state index in [4.69, 9.17) is 0 Å². The Hall–Kier alpha value is -0.820. The first-order chi connectivity index (χ1) is 9.35. The summed E-state index contributed by atoms with van der Waals surface area (Å²) in [7, 11) is 0. The molecule has 1 heteroatoms. The molecule has 104 valence electrons. The minimum absolute atomic E-state index is 0.458. The summed E-state index contributed by atoms with van der Waals surface area (Å²) in [6.07, 6.45) is 9.99. The Kier molecular flexibility index (Phi) is 3.93. The second-order valence-electron chi connectivity index (χ2n) is 6.52. The van der Waals surface area contributed by atoms with Gasteiger partial charge in [0.15, 0.2) is 0 Å². The van der Waals surface area contributed by atoms with Crippen LogP contribution >= 0.6 is 0 Å². The Morgan fingerprint density at radius 2 is 1.84 bits per heavy atom. The third-order valence-corrected chi connectivity index (χ3v) is 5.30. The van der Waals surface area contributed by atoms with E-state index in [1.165, 1.54) is 44.9 Å². The van der Waals surface area contributed by atoms with Crippen LogP contribution in [0.5, 0.6) is 0 Å². The van der Waals surface area contributed by atoms with Gasteiger partial charge in [0, 0.05) is 11.5 Å². The van der Waals surface area contributed by atoms with Crippen molar-refractivity contribution in [2.24, 2.45) is 5.92 Å². The molecule has 2 aliphatic carbocycles. The predicted octanol–water partition coefficient (Wildman–Crippen LogP) is 4.28. The van der Waals surface area contributed by atoms with E-state index < -0.39 is 0 Å². The molecule has 1 aromatic carbocycles. The van der Waals surface area contributed by atoms with Crippen molar-refractivity contribution >= 4 is 0 Å². The summed E-state index contributed by atoms with van der Waals surface area (Å²) < 4.78 is 0. The zero-order chi connectivity index (χ0) is 13.1. The smallest absolute Gasteiger partial charge is 0.0166 e. The van der Waals surface area contributed by atoms with Crippen LogP contribution in [0.3, 0.4) is 0 Å². The fourth-order valence-electron chi connectivity index (χ4n) is 4.07. The monoisotopic (exact) mass is 257 g/mol. The summed E-state index contributed by atoms with van der Waals surface area (Å²) in [6.45, 7) is 3.36. The number of rotatable bonds is 6. The Morgan fingerprint density at radius 1 is 1.16 bits per heavy atom. The van der Waals surface area contributed by atoms with E-state index in [9.17, 15) is 0 Å². The third-order valence-electron chi connectivity index (χ3n) is 5.30. The predicted molar refractivity (Wildman–Crippen MR) is 81.4 cm³/mol. The molecule has 0 radical (unpaired) electrons. The highest BCUT2D eigenvalue weighted by atomic mass is 14.9. The number of hydrogen-bond acceptors (Lipinski definition) is 1. The summed E-state index contributed by atoms with van der Waals surface area (Å²) in [5.74, 6) is 0.977. The highest BCUT2D eigenvalue weighted by Gasteiger charge is 2.50. The summed E-state index contributed by atoms with van der Waals surface area (Å²) >= 11 is 0. The first-order valence-corrected chi connectivity index (χ1v) is 8.14. The Balaban J connectivity index is 1.75. The van der Waals surface area contributed by atoms with Crippen molar-refractivity contribution in [3.8, 4) is 0 Å². The SMILES string of the molecule is CCNC(CC1CCCC1)C1(c2ccccc2)CC1. The lowest BCUT2D eigenvalue weighted by Gasteiger charge is -2.30. The molecule has 0 saturated heterocycles. The number of likely N-dealkylation sites (N-methyl/N-ethyl adjacent to an activating group) is 1. The van der Waals surface area contributed by atoms with Crippen molar-refractivity contribution in [3.63, 3.8) is 0 Å². The maximum atomic E-state index is 3.81.